The largest absolute Gasteiger partial charge is 0.299 e. The number of nitrogens with zero attached hydrogens (tertiary/aromatic N) is 1. The maximum Gasteiger partial charge on any atom is 0.261 e. The Balaban J connectivity index is 0.000000257. The molecule has 1 heterocycles. The molecule has 1 aromatic rings. The third-order valence-corrected chi connectivity index (χ3v) is 4.30. The fourth-order valence-corrected chi connectivity index (χ4v) is 3.73. The zero-order chi connectivity index (χ0) is 15.0. The molecule has 2 unspecified atom stereocenters. The third kappa shape index (κ3) is 3.40. The summed E-state index contributed by atoms with van der Waals surface area (Å²) in [6, 6.07) is 9.68. The quantitative estimate of drug-likeness (QED) is 0.748. The van der Waals surface area contributed by atoms with Gasteiger partial charge < -0.3 is 0 Å². The minimum absolute atomic E-state index is 0.497. The molecule has 1 aliphatic carbocycles. The van der Waals surface area contributed by atoms with Crippen molar-refractivity contribution in [2.24, 2.45) is 5.41 Å². The highest BCUT2D eigenvalue weighted by Crippen LogP contribution is 2.53. The van der Waals surface area contributed by atoms with Crippen LogP contribution in [-0.2, 0) is 16.5 Å². The van der Waals surface area contributed by atoms with E-state index in [2.05, 4.69) is 43.1 Å². The Hall–Kier alpha value is -0.910. The molecule has 112 valence electrons. The smallest absolute Gasteiger partial charge is 0.261 e. The molecule has 0 spiro atoms. The Morgan fingerprint density at radius 3 is 2.60 bits per heavy atom. The second kappa shape index (κ2) is 5.47. The molecule has 0 radical (unpaired) electrons. The van der Waals surface area contributed by atoms with Crippen LogP contribution in [0.15, 0.2) is 24.3 Å². The van der Waals surface area contributed by atoms with Crippen LogP contribution in [0.4, 0.5) is 0 Å². The van der Waals surface area contributed by atoms with Crippen LogP contribution in [0, 0.1) is 5.41 Å². The number of hydrogen-bond donors (Lipinski definition) is 1. The minimum atomic E-state index is -3.67. The lowest BCUT2D eigenvalue weighted by molar-refractivity contribution is 0.0590. The van der Waals surface area contributed by atoms with Crippen molar-refractivity contribution < 1.29 is 13.0 Å². The van der Waals surface area contributed by atoms with Crippen LogP contribution in [-0.4, -0.2) is 37.7 Å². The SMILES string of the molecule is CN1CCCC2(C)Cc3ccccc3C12.CS(=O)(=O)O. The zero-order valence-electron chi connectivity index (χ0n) is 12.3. The van der Waals surface area contributed by atoms with Gasteiger partial charge in [-0.05, 0) is 49.4 Å². The number of piperidine rings is 1. The summed E-state index contributed by atoms with van der Waals surface area (Å²) in [6.07, 6.45) is 4.74. The standard InChI is InChI=1S/C14H19N.CH4O3S/c1-14-8-5-9-15(2)13(14)12-7-4-3-6-11(12)10-14;1-5(2,3)4/h3-4,6-7,13H,5,8-10H2,1-2H3;1H3,(H,2,3,4). The molecule has 0 aromatic heterocycles. The summed E-state index contributed by atoms with van der Waals surface area (Å²) in [4.78, 5) is 2.55. The summed E-state index contributed by atoms with van der Waals surface area (Å²) in [6.45, 7) is 3.72. The van der Waals surface area contributed by atoms with Gasteiger partial charge in [0.15, 0.2) is 0 Å². The van der Waals surface area contributed by atoms with Crippen molar-refractivity contribution in [2.45, 2.75) is 32.2 Å². The molecular weight excluding hydrogens is 274 g/mol. The molecule has 1 fully saturated rings. The first-order chi connectivity index (χ1) is 9.21. The van der Waals surface area contributed by atoms with E-state index in [1.807, 2.05) is 0 Å². The number of hydrogen-bond acceptors (Lipinski definition) is 3. The van der Waals surface area contributed by atoms with E-state index < -0.39 is 10.1 Å². The van der Waals surface area contributed by atoms with Crippen LogP contribution in [0.2, 0.25) is 0 Å². The Morgan fingerprint density at radius 2 is 1.95 bits per heavy atom. The molecule has 0 bridgehead atoms. The van der Waals surface area contributed by atoms with Crippen molar-refractivity contribution in [3.05, 3.63) is 35.4 Å². The van der Waals surface area contributed by atoms with Crippen LogP contribution in [0.1, 0.15) is 36.9 Å². The average molecular weight is 297 g/mol. The van der Waals surface area contributed by atoms with Gasteiger partial charge in [0.05, 0.1) is 6.26 Å². The second-order valence-corrected chi connectivity index (χ2v) is 7.72. The Morgan fingerprint density at radius 1 is 1.35 bits per heavy atom. The molecule has 20 heavy (non-hydrogen) atoms. The molecule has 2 aliphatic rings. The lowest BCUT2D eigenvalue weighted by atomic mass is 9.75. The van der Waals surface area contributed by atoms with Gasteiger partial charge in [-0.2, -0.15) is 8.42 Å². The second-order valence-electron chi connectivity index (χ2n) is 6.25. The van der Waals surface area contributed by atoms with Gasteiger partial charge >= 0.3 is 0 Å². The van der Waals surface area contributed by atoms with Gasteiger partial charge in [0.1, 0.15) is 0 Å². The molecule has 1 aliphatic heterocycles. The molecule has 0 amide bonds. The van der Waals surface area contributed by atoms with Crippen LogP contribution < -0.4 is 0 Å². The van der Waals surface area contributed by atoms with E-state index in [4.69, 9.17) is 4.55 Å². The number of likely N-dealkylation sites (tertiary alicyclic amines) is 1. The topological polar surface area (TPSA) is 57.6 Å². The highest BCUT2D eigenvalue weighted by Gasteiger charge is 2.45. The van der Waals surface area contributed by atoms with Crippen molar-refractivity contribution in [1.82, 2.24) is 4.90 Å². The van der Waals surface area contributed by atoms with Crippen molar-refractivity contribution in [3.63, 3.8) is 0 Å². The van der Waals surface area contributed by atoms with E-state index in [9.17, 15) is 8.42 Å². The van der Waals surface area contributed by atoms with E-state index in [1.165, 1.54) is 25.8 Å². The first-order valence-electron chi connectivity index (χ1n) is 6.91. The van der Waals surface area contributed by atoms with Crippen LogP contribution in [0.5, 0.6) is 0 Å². The van der Waals surface area contributed by atoms with Gasteiger partial charge in [-0.25, -0.2) is 0 Å². The molecule has 2 atom stereocenters. The van der Waals surface area contributed by atoms with Crippen LogP contribution in [0.25, 0.3) is 0 Å². The Labute approximate surface area is 121 Å². The molecular formula is C15H23NO3S. The lowest BCUT2D eigenvalue weighted by Gasteiger charge is -2.43. The van der Waals surface area contributed by atoms with Gasteiger partial charge in [-0.1, -0.05) is 31.2 Å². The zero-order valence-corrected chi connectivity index (χ0v) is 13.2. The van der Waals surface area contributed by atoms with Crippen molar-refractivity contribution >= 4 is 10.1 Å². The molecule has 4 nitrogen and oxygen atoms in total. The molecule has 1 saturated heterocycles. The monoisotopic (exact) mass is 297 g/mol. The fourth-order valence-electron chi connectivity index (χ4n) is 3.73. The first kappa shape index (κ1) is 15.5. The van der Waals surface area contributed by atoms with E-state index in [1.54, 1.807) is 11.1 Å². The Kier molecular flexibility index (Phi) is 4.23. The van der Waals surface area contributed by atoms with Crippen LogP contribution >= 0.6 is 0 Å². The van der Waals surface area contributed by atoms with Crippen LogP contribution in [0.3, 0.4) is 0 Å². The van der Waals surface area contributed by atoms with Gasteiger partial charge in [-0.15, -0.1) is 0 Å². The van der Waals surface area contributed by atoms with E-state index in [0.29, 0.717) is 17.7 Å². The average Bonchev–Trinajstić information content (AvgIpc) is 2.59. The number of benzene rings is 1. The summed E-state index contributed by atoms with van der Waals surface area (Å²) in [5, 5.41) is 0. The molecule has 5 heteroatoms. The normalized spacial score (nSPS) is 29.1. The molecule has 0 saturated carbocycles. The van der Waals surface area contributed by atoms with Crippen molar-refractivity contribution in [1.29, 1.82) is 0 Å². The van der Waals surface area contributed by atoms with Gasteiger partial charge in [0.25, 0.3) is 10.1 Å². The highest BCUT2D eigenvalue weighted by molar-refractivity contribution is 7.85. The van der Waals surface area contributed by atoms with E-state index in [-0.39, 0.29) is 0 Å². The first-order valence-corrected chi connectivity index (χ1v) is 8.76. The summed E-state index contributed by atoms with van der Waals surface area (Å²) in [5.74, 6) is 0. The predicted molar refractivity (Wildman–Crippen MR) is 80.3 cm³/mol. The maximum atomic E-state index is 9.19. The minimum Gasteiger partial charge on any atom is -0.299 e. The highest BCUT2D eigenvalue weighted by atomic mass is 32.2. The predicted octanol–water partition coefficient (Wildman–Crippen LogP) is 2.52. The van der Waals surface area contributed by atoms with E-state index >= 15 is 0 Å². The summed E-state index contributed by atoms with van der Waals surface area (Å²) >= 11 is 0. The van der Waals surface area contributed by atoms with Gasteiger partial charge in [0, 0.05) is 6.04 Å². The Bertz CT molecular complexity index is 577. The fraction of sp³-hybridized carbons (Fsp3) is 0.600. The molecule has 3 rings (SSSR count). The summed E-state index contributed by atoms with van der Waals surface area (Å²) in [7, 11) is -1.38. The maximum absolute atomic E-state index is 9.19. The van der Waals surface area contributed by atoms with E-state index in [0.717, 1.165) is 0 Å². The van der Waals surface area contributed by atoms with Crippen molar-refractivity contribution in [3.8, 4) is 0 Å². The van der Waals surface area contributed by atoms with Crippen molar-refractivity contribution in [2.75, 3.05) is 19.8 Å². The number of rotatable bonds is 0. The third-order valence-electron chi connectivity index (χ3n) is 4.30. The molecule has 1 N–H and O–H groups in total. The lowest BCUT2D eigenvalue weighted by Crippen LogP contribution is -2.40. The molecule has 1 aromatic carbocycles. The number of fused-ring (bicyclic) bond motifs is 3. The summed E-state index contributed by atoms with van der Waals surface area (Å²) < 4.78 is 25.9. The van der Waals surface area contributed by atoms with Gasteiger partial charge in [0.2, 0.25) is 0 Å². The van der Waals surface area contributed by atoms with Gasteiger partial charge in [-0.3, -0.25) is 9.45 Å². The summed E-state index contributed by atoms with van der Waals surface area (Å²) in [5.41, 5.74) is 3.66.